The van der Waals surface area contributed by atoms with E-state index in [0.717, 1.165) is 19.3 Å². The predicted molar refractivity (Wildman–Crippen MR) is 64.7 cm³/mol. The molecule has 0 bridgehead atoms. The molecule has 16 heavy (non-hydrogen) atoms. The molecule has 1 saturated carbocycles. The maximum Gasteiger partial charge on any atom is 0.211 e. The molecule has 0 aromatic carbocycles. The first-order chi connectivity index (χ1) is 7.33. The van der Waals surface area contributed by atoms with Gasteiger partial charge in [0.25, 0.3) is 0 Å². The van der Waals surface area contributed by atoms with Crippen molar-refractivity contribution in [1.29, 1.82) is 0 Å². The summed E-state index contributed by atoms with van der Waals surface area (Å²) in [5.41, 5.74) is -0.817. The summed E-state index contributed by atoms with van der Waals surface area (Å²) in [6.45, 7) is 3.91. The van der Waals surface area contributed by atoms with Crippen molar-refractivity contribution in [3.63, 3.8) is 0 Å². The molecule has 96 valence electrons. The van der Waals surface area contributed by atoms with Crippen LogP contribution >= 0.6 is 0 Å². The third-order valence-corrected chi connectivity index (χ3v) is 4.65. The molecular formula is C11H23NO3S. The molecule has 0 radical (unpaired) electrons. The summed E-state index contributed by atoms with van der Waals surface area (Å²) in [7, 11) is -3.23. The third kappa shape index (κ3) is 4.80. The fraction of sp³-hybridized carbons (Fsp3) is 1.00. The van der Waals surface area contributed by atoms with Crippen LogP contribution in [0.1, 0.15) is 46.0 Å². The first-order valence-corrected chi connectivity index (χ1v) is 7.68. The molecule has 0 aromatic rings. The van der Waals surface area contributed by atoms with Crippen LogP contribution in [0, 0.1) is 5.92 Å². The molecule has 0 heterocycles. The van der Waals surface area contributed by atoms with Gasteiger partial charge >= 0.3 is 0 Å². The fourth-order valence-corrected chi connectivity index (χ4v) is 3.61. The molecule has 1 rings (SSSR count). The molecule has 2 N–H and O–H groups in total. The number of nitrogens with one attached hydrogen (secondary N) is 1. The molecule has 4 nitrogen and oxygen atoms in total. The second-order valence-electron chi connectivity index (χ2n) is 5.28. The normalized spacial score (nSPS) is 21.2. The molecule has 0 saturated heterocycles. The Morgan fingerprint density at radius 2 is 1.81 bits per heavy atom. The first kappa shape index (κ1) is 13.9. The molecule has 0 atom stereocenters. The van der Waals surface area contributed by atoms with Crippen LogP contribution in [-0.2, 0) is 10.0 Å². The van der Waals surface area contributed by atoms with Crippen molar-refractivity contribution in [2.45, 2.75) is 51.6 Å². The smallest absolute Gasteiger partial charge is 0.211 e. The van der Waals surface area contributed by atoms with E-state index in [1.807, 2.05) is 13.8 Å². The molecule has 5 heteroatoms. The highest BCUT2D eigenvalue weighted by Gasteiger charge is 2.30. The second-order valence-corrected chi connectivity index (χ2v) is 7.13. The van der Waals surface area contributed by atoms with Gasteiger partial charge in [-0.25, -0.2) is 13.1 Å². The van der Waals surface area contributed by atoms with E-state index in [1.165, 1.54) is 0 Å². The third-order valence-electron chi connectivity index (χ3n) is 2.96. The number of sulfonamides is 1. The van der Waals surface area contributed by atoms with Crippen molar-refractivity contribution in [3.8, 4) is 0 Å². The zero-order valence-electron chi connectivity index (χ0n) is 10.2. The van der Waals surface area contributed by atoms with E-state index in [1.54, 1.807) is 0 Å². The fourth-order valence-electron chi connectivity index (χ4n) is 2.13. The van der Waals surface area contributed by atoms with Crippen LogP contribution in [0.4, 0.5) is 0 Å². The van der Waals surface area contributed by atoms with Gasteiger partial charge in [0.05, 0.1) is 11.4 Å². The van der Waals surface area contributed by atoms with Crippen molar-refractivity contribution in [2.75, 3.05) is 12.3 Å². The Kier molecular flexibility index (Phi) is 4.76. The number of aliphatic hydroxyl groups is 1. The van der Waals surface area contributed by atoms with Gasteiger partial charge in [0.15, 0.2) is 0 Å². The maximum absolute atomic E-state index is 11.6. The molecule has 0 amide bonds. The summed E-state index contributed by atoms with van der Waals surface area (Å²) in [6.07, 6.45) is 4.53. The lowest BCUT2D eigenvalue weighted by Gasteiger charge is -2.32. The van der Waals surface area contributed by atoms with E-state index in [9.17, 15) is 13.5 Å². The molecule has 0 aliphatic heterocycles. The van der Waals surface area contributed by atoms with Gasteiger partial charge in [-0.05, 0) is 18.8 Å². The SMILES string of the molecule is CC(C)CS(=O)(=O)NCC1(O)CCCCC1. The lowest BCUT2D eigenvalue weighted by atomic mass is 9.85. The van der Waals surface area contributed by atoms with Gasteiger partial charge < -0.3 is 5.11 Å². The molecule has 0 spiro atoms. The molecule has 1 aliphatic rings. The molecule has 1 aliphatic carbocycles. The minimum atomic E-state index is -3.23. The van der Waals surface area contributed by atoms with E-state index in [2.05, 4.69) is 4.72 Å². The van der Waals surface area contributed by atoms with E-state index < -0.39 is 15.6 Å². The Balaban J connectivity index is 2.43. The van der Waals surface area contributed by atoms with Gasteiger partial charge in [-0.3, -0.25) is 0 Å². The van der Waals surface area contributed by atoms with Gasteiger partial charge in [0.1, 0.15) is 0 Å². The lowest BCUT2D eigenvalue weighted by molar-refractivity contribution is 0.00944. The Bertz CT molecular complexity index is 305. The van der Waals surface area contributed by atoms with Crippen molar-refractivity contribution >= 4 is 10.0 Å². The summed E-state index contributed by atoms with van der Waals surface area (Å²) in [5, 5.41) is 10.1. The van der Waals surface area contributed by atoms with Gasteiger partial charge in [0, 0.05) is 6.54 Å². The van der Waals surface area contributed by atoms with Crippen LogP contribution < -0.4 is 4.72 Å². The summed E-state index contributed by atoms with van der Waals surface area (Å²) in [4.78, 5) is 0. The highest BCUT2D eigenvalue weighted by Crippen LogP contribution is 2.27. The Morgan fingerprint density at radius 3 is 2.31 bits per heavy atom. The highest BCUT2D eigenvalue weighted by atomic mass is 32.2. The number of hydrogen-bond donors (Lipinski definition) is 2. The molecular weight excluding hydrogens is 226 g/mol. The maximum atomic E-state index is 11.6. The lowest BCUT2D eigenvalue weighted by Crippen LogP contribution is -2.45. The van der Waals surface area contributed by atoms with Crippen LogP contribution in [0.2, 0.25) is 0 Å². The number of hydrogen-bond acceptors (Lipinski definition) is 3. The monoisotopic (exact) mass is 249 g/mol. The topological polar surface area (TPSA) is 66.4 Å². The van der Waals surface area contributed by atoms with Crippen LogP contribution in [0.5, 0.6) is 0 Å². The van der Waals surface area contributed by atoms with Gasteiger partial charge in [-0.2, -0.15) is 0 Å². The summed E-state index contributed by atoms with van der Waals surface area (Å²) in [6, 6.07) is 0. The summed E-state index contributed by atoms with van der Waals surface area (Å²) < 4.78 is 25.7. The van der Waals surface area contributed by atoms with Crippen LogP contribution in [0.25, 0.3) is 0 Å². The Labute approximate surface area is 98.5 Å². The van der Waals surface area contributed by atoms with Gasteiger partial charge in [-0.15, -0.1) is 0 Å². The minimum absolute atomic E-state index is 0.110. The largest absolute Gasteiger partial charge is 0.389 e. The summed E-state index contributed by atoms with van der Waals surface area (Å²) >= 11 is 0. The minimum Gasteiger partial charge on any atom is -0.389 e. The predicted octanol–water partition coefficient (Wildman–Crippen LogP) is 1.26. The summed E-state index contributed by atoms with van der Waals surface area (Å²) in [5.74, 6) is 0.238. The Hall–Kier alpha value is -0.130. The van der Waals surface area contributed by atoms with Crippen LogP contribution in [-0.4, -0.2) is 31.4 Å². The average molecular weight is 249 g/mol. The van der Waals surface area contributed by atoms with E-state index in [0.29, 0.717) is 12.8 Å². The van der Waals surface area contributed by atoms with Gasteiger partial charge in [0.2, 0.25) is 10.0 Å². The number of rotatable bonds is 5. The first-order valence-electron chi connectivity index (χ1n) is 6.03. The van der Waals surface area contributed by atoms with Crippen molar-refractivity contribution in [2.24, 2.45) is 5.92 Å². The van der Waals surface area contributed by atoms with Crippen LogP contribution in [0.15, 0.2) is 0 Å². The highest BCUT2D eigenvalue weighted by molar-refractivity contribution is 7.89. The molecule has 0 unspecified atom stereocenters. The Morgan fingerprint density at radius 1 is 1.25 bits per heavy atom. The second kappa shape index (κ2) is 5.47. The zero-order valence-corrected chi connectivity index (χ0v) is 11.0. The van der Waals surface area contributed by atoms with E-state index in [4.69, 9.17) is 0 Å². The molecule has 0 aromatic heterocycles. The van der Waals surface area contributed by atoms with Crippen molar-refractivity contribution < 1.29 is 13.5 Å². The van der Waals surface area contributed by atoms with Crippen molar-refractivity contribution in [3.05, 3.63) is 0 Å². The zero-order chi connectivity index (χ0) is 12.2. The van der Waals surface area contributed by atoms with Crippen LogP contribution in [0.3, 0.4) is 0 Å². The van der Waals surface area contributed by atoms with Gasteiger partial charge in [-0.1, -0.05) is 33.1 Å². The standard InChI is InChI=1S/C11H23NO3S/c1-10(2)8-16(14,15)12-9-11(13)6-4-3-5-7-11/h10,12-13H,3-9H2,1-2H3. The molecule has 1 fully saturated rings. The van der Waals surface area contributed by atoms with Crippen molar-refractivity contribution in [1.82, 2.24) is 4.72 Å². The average Bonchev–Trinajstić information content (AvgIpc) is 2.15. The quantitative estimate of drug-likeness (QED) is 0.771. The van der Waals surface area contributed by atoms with E-state index in [-0.39, 0.29) is 18.2 Å². The van der Waals surface area contributed by atoms with E-state index >= 15 is 0 Å².